The highest BCUT2D eigenvalue weighted by molar-refractivity contribution is 8.14. The van der Waals surface area contributed by atoms with Gasteiger partial charge in [-0.05, 0) is 25.0 Å². The predicted octanol–water partition coefficient (Wildman–Crippen LogP) is 3.17. The average Bonchev–Trinajstić information content (AvgIpc) is 3.01. The summed E-state index contributed by atoms with van der Waals surface area (Å²) in [5, 5.41) is 4.16. The minimum atomic E-state index is -0.245. The Labute approximate surface area is 136 Å². The van der Waals surface area contributed by atoms with Crippen molar-refractivity contribution in [2.45, 2.75) is 57.0 Å². The van der Waals surface area contributed by atoms with Crippen molar-refractivity contribution in [3.05, 3.63) is 30.1 Å². The minimum Gasteiger partial charge on any atom is -0.351 e. The van der Waals surface area contributed by atoms with E-state index in [2.05, 4.69) is 15.3 Å². The number of aromatic nitrogens is 1. The molecule has 0 radical (unpaired) electrons. The highest BCUT2D eigenvalue weighted by Gasteiger charge is 2.27. The van der Waals surface area contributed by atoms with Crippen LogP contribution in [0.1, 0.15) is 50.5 Å². The molecule has 5 heteroatoms. The van der Waals surface area contributed by atoms with Crippen molar-refractivity contribution < 1.29 is 4.79 Å². The van der Waals surface area contributed by atoms with Crippen molar-refractivity contribution in [2.75, 3.05) is 5.75 Å². The maximum Gasteiger partial charge on any atom is 0.245 e. The first-order valence-corrected chi connectivity index (χ1v) is 9.23. The Bertz CT molecular complexity index is 524. The van der Waals surface area contributed by atoms with Crippen molar-refractivity contribution in [3.63, 3.8) is 0 Å². The molecule has 1 amide bonds. The summed E-state index contributed by atoms with van der Waals surface area (Å²) in [6.07, 6.45) is 12.2. The van der Waals surface area contributed by atoms with Crippen molar-refractivity contribution in [1.82, 2.24) is 10.3 Å². The zero-order valence-corrected chi connectivity index (χ0v) is 13.6. The number of carbonyl (C=O) groups excluding carboxylic acids is 1. The first kappa shape index (κ1) is 15.5. The molecule has 4 nitrogen and oxygen atoms in total. The second-order valence-corrected chi connectivity index (χ2v) is 7.06. The quantitative estimate of drug-likeness (QED) is 0.931. The Hall–Kier alpha value is -1.36. The van der Waals surface area contributed by atoms with Gasteiger partial charge < -0.3 is 5.32 Å². The second kappa shape index (κ2) is 7.77. The molecule has 1 aromatic heterocycles. The molecule has 1 aliphatic carbocycles. The standard InChI is InChI=1S/C17H23N3OS/c21-16(19-14-8-4-2-1-3-5-9-14)15-12-22-17(20-15)13-7-6-10-18-11-13/h6-7,10-11,14-15H,1-5,8-9,12H2,(H,19,21). The van der Waals surface area contributed by atoms with E-state index in [0.29, 0.717) is 6.04 Å². The molecular weight excluding hydrogens is 294 g/mol. The van der Waals surface area contributed by atoms with Crippen LogP contribution in [-0.4, -0.2) is 33.8 Å². The van der Waals surface area contributed by atoms with Gasteiger partial charge in [0.25, 0.3) is 0 Å². The Morgan fingerprint density at radius 1 is 1.18 bits per heavy atom. The molecule has 1 aliphatic heterocycles. The van der Waals surface area contributed by atoms with E-state index in [1.54, 1.807) is 24.2 Å². The molecule has 1 unspecified atom stereocenters. The van der Waals surface area contributed by atoms with Crippen LogP contribution in [0.3, 0.4) is 0 Å². The van der Waals surface area contributed by atoms with E-state index >= 15 is 0 Å². The van der Waals surface area contributed by atoms with E-state index < -0.39 is 0 Å². The first-order chi connectivity index (χ1) is 10.8. The van der Waals surface area contributed by atoms with E-state index in [9.17, 15) is 4.79 Å². The number of rotatable bonds is 3. The molecule has 1 fully saturated rings. The van der Waals surface area contributed by atoms with Gasteiger partial charge in [-0.3, -0.25) is 14.8 Å². The molecule has 1 atom stereocenters. The van der Waals surface area contributed by atoms with Gasteiger partial charge in [0, 0.05) is 29.8 Å². The predicted molar refractivity (Wildman–Crippen MR) is 91.3 cm³/mol. The lowest BCUT2D eigenvalue weighted by Gasteiger charge is -2.22. The van der Waals surface area contributed by atoms with Gasteiger partial charge in [-0.15, -0.1) is 11.8 Å². The lowest BCUT2D eigenvalue weighted by molar-refractivity contribution is -0.122. The van der Waals surface area contributed by atoms with Crippen molar-refractivity contribution in [3.8, 4) is 0 Å². The molecule has 1 aromatic rings. The molecule has 0 bridgehead atoms. The maximum absolute atomic E-state index is 12.4. The van der Waals surface area contributed by atoms with E-state index in [0.717, 1.165) is 29.2 Å². The van der Waals surface area contributed by atoms with Crippen LogP contribution < -0.4 is 5.32 Å². The molecule has 22 heavy (non-hydrogen) atoms. The smallest absolute Gasteiger partial charge is 0.245 e. The molecule has 0 aromatic carbocycles. The van der Waals surface area contributed by atoms with Crippen LogP contribution in [-0.2, 0) is 4.79 Å². The third kappa shape index (κ3) is 4.09. The van der Waals surface area contributed by atoms with Crippen molar-refractivity contribution in [1.29, 1.82) is 0 Å². The summed E-state index contributed by atoms with van der Waals surface area (Å²) in [6.45, 7) is 0. The molecule has 0 saturated heterocycles. The minimum absolute atomic E-state index is 0.0944. The lowest BCUT2D eigenvalue weighted by Crippen LogP contribution is -2.41. The summed E-state index contributed by atoms with van der Waals surface area (Å²) in [4.78, 5) is 21.2. The molecular formula is C17H23N3OS. The van der Waals surface area contributed by atoms with Gasteiger partial charge >= 0.3 is 0 Å². The number of amides is 1. The summed E-state index contributed by atoms with van der Waals surface area (Å²) in [5.74, 6) is 0.833. The van der Waals surface area contributed by atoms with Crippen LogP contribution in [0.2, 0.25) is 0 Å². The summed E-state index contributed by atoms with van der Waals surface area (Å²) in [7, 11) is 0. The summed E-state index contributed by atoms with van der Waals surface area (Å²) < 4.78 is 0. The molecule has 2 aliphatic rings. The molecule has 1 saturated carbocycles. The van der Waals surface area contributed by atoms with Crippen LogP contribution in [0.5, 0.6) is 0 Å². The number of hydrogen-bond donors (Lipinski definition) is 1. The Morgan fingerprint density at radius 3 is 2.68 bits per heavy atom. The number of nitrogens with one attached hydrogen (secondary N) is 1. The fourth-order valence-electron chi connectivity index (χ4n) is 3.05. The molecule has 2 heterocycles. The van der Waals surface area contributed by atoms with Crippen molar-refractivity contribution in [2.24, 2.45) is 4.99 Å². The monoisotopic (exact) mass is 317 g/mol. The SMILES string of the molecule is O=C(NC1CCCCCCC1)C1CSC(c2cccnc2)=N1. The summed E-state index contributed by atoms with van der Waals surface area (Å²) in [6, 6.07) is 4.00. The average molecular weight is 317 g/mol. The maximum atomic E-state index is 12.4. The summed E-state index contributed by atoms with van der Waals surface area (Å²) >= 11 is 1.65. The van der Waals surface area contributed by atoms with Crippen LogP contribution in [0.15, 0.2) is 29.5 Å². The molecule has 1 N–H and O–H groups in total. The van der Waals surface area contributed by atoms with E-state index in [1.807, 2.05) is 12.1 Å². The van der Waals surface area contributed by atoms with Crippen molar-refractivity contribution >= 4 is 22.7 Å². The molecule has 118 valence electrons. The van der Waals surface area contributed by atoms with Gasteiger partial charge in [0.1, 0.15) is 11.1 Å². The first-order valence-electron chi connectivity index (χ1n) is 8.24. The third-order valence-electron chi connectivity index (χ3n) is 4.31. The number of nitrogens with zero attached hydrogens (tertiary/aromatic N) is 2. The lowest BCUT2D eigenvalue weighted by atomic mass is 9.96. The number of carbonyl (C=O) groups is 1. The topological polar surface area (TPSA) is 54.4 Å². The van der Waals surface area contributed by atoms with Crippen LogP contribution in [0, 0.1) is 0 Å². The van der Waals surface area contributed by atoms with E-state index in [1.165, 1.54) is 32.1 Å². The fourth-order valence-corrected chi connectivity index (χ4v) is 4.08. The van der Waals surface area contributed by atoms with E-state index in [-0.39, 0.29) is 11.9 Å². The zero-order chi connectivity index (χ0) is 15.2. The molecule has 0 spiro atoms. The van der Waals surface area contributed by atoms with Crippen LogP contribution in [0.4, 0.5) is 0 Å². The van der Waals surface area contributed by atoms with Gasteiger partial charge in [-0.2, -0.15) is 0 Å². The number of hydrogen-bond acceptors (Lipinski definition) is 4. The van der Waals surface area contributed by atoms with Gasteiger partial charge in [0.2, 0.25) is 5.91 Å². The highest BCUT2D eigenvalue weighted by atomic mass is 32.2. The number of aliphatic imine (C=N–C) groups is 1. The van der Waals surface area contributed by atoms with Gasteiger partial charge in [-0.1, -0.05) is 32.1 Å². The zero-order valence-electron chi connectivity index (χ0n) is 12.8. The summed E-state index contributed by atoms with van der Waals surface area (Å²) in [5.41, 5.74) is 1.01. The highest BCUT2D eigenvalue weighted by Crippen LogP contribution is 2.24. The van der Waals surface area contributed by atoms with Gasteiger partial charge in [0.15, 0.2) is 0 Å². The Kier molecular flexibility index (Phi) is 5.48. The molecule has 3 rings (SSSR count). The number of pyridine rings is 1. The third-order valence-corrected chi connectivity index (χ3v) is 5.41. The Morgan fingerprint density at radius 2 is 1.95 bits per heavy atom. The number of thioether (sulfide) groups is 1. The second-order valence-electron chi connectivity index (χ2n) is 6.05. The van der Waals surface area contributed by atoms with E-state index in [4.69, 9.17) is 0 Å². The largest absolute Gasteiger partial charge is 0.351 e. The normalized spacial score (nSPS) is 23.5. The fraction of sp³-hybridized carbons (Fsp3) is 0.588. The van der Waals surface area contributed by atoms with Gasteiger partial charge in [-0.25, -0.2) is 0 Å². The van der Waals surface area contributed by atoms with Crippen LogP contribution in [0.25, 0.3) is 0 Å². The van der Waals surface area contributed by atoms with Crippen LogP contribution >= 0.6 is 11.8 Å². The Balaban J connectivity index is 1.57. The van der Waals surface area contributed by atoms with Gasteiger partial charge in [0.05, 0.1) is 0 Å².